The molecule has 0 spiro atoms. The SMILES string of the molecule is O=C(NC1=CC=CN2ONC=C12)N1CCC(Cc2ccc3ccccc3c2)CC1. The van der Waals surface area contributed by atoms with Crippen LogP contribution in [0.2, 0.25) is 0 Å². The van der Waals surface area contributed by atoms with Crippen molar-refractivity contribution in [3.8, 4) is 0 Å². The van der Waals surface area contributed by atoms with Gasteiger partial charge in [-0.2, -0.15) is 4.94 Å². The Morgan fingerprint density at radius 1 is 1.14 bits per heavy atom. The van der Waals surface area contributed by atoms with Gasteiger partial charge < -0.3 is 10.2 Å². The lowest BCUT2D eigenvalue weighted by Gasteiger charge is -2.32. The first-order valence-electron chi connectivity index (χ1n) is 10.1. The standard InChI is InChI=1S/C23H24N4O2/c28-23(25-21-6-3-11-27-22(21)16-24-29-27)26-12-9-17(10-13-26)14-18-7-8-19-4-1-2-5-20(19)15-18/h1-8,11,15-17,24H,9-10,12-14H2,(H,25,28). The van der Waals surface area contributed by atoms with Gasteiger partial charge in [0, 0.05) is 19.3 Å². The largest absolute Gasteiger partial charge is 0.325 e. The lowest BCUT2D eigenvalue weighted by molar-refractivity contribution is -0.113. The number of piperidine rings is 1. The monoisotopic (exact) mass is 388 g/mol. The first-order valence-corrected chi connectivity index (χ1v) is 10.1. The number of urea groups is 1. The number of allylic oxidation sites excluding steroid dienone is 2. The molecule has 0 aromatic heterocycles. The molecule has 6 nitrogen and oxygen atoms in total. The molecule has 1 fully saturated rings. The number of carbonyl (C=O) groups excluding carboxylic acids is 1. The molecule has 0 saturated carbocycles. The van der Waals surface area contributed by atoms with Crippen molar-refractivity contribution in [1.29, 1.82) is 0 Å². The summed E-state index contributed by atoms with van der Waals surface area (Å²) in [5.41, 5.74) is 5.61. The molecule has 0 aliphatic carbocycles. The first kappa shape index (κ1) is 17.8. The summed E-state index contributed by atoms with van der Waals surface area (Å²) in [4.78, 5) is 19.8. The molecule has 0 bridgehead atoms. The number of likely N-dealkylation sites (tertiary alicyclic amines) is 1. The van der Waals surface area contributed by atoms with Gasteiger partial charge in [0.2, 0.25) is 0 Å². The molecule has 2 aromatic rings. The van der Waals surface area contributed by atoms with E-state index in [1.54, 1.807) is 17.5 Å². The maximum absolute atomic E-state index is 12.7. The summed E-state index contributed by atoms with van der Waals surface area (Å²) in [5, 5.41) is 7.18. The predicted molar refractivity (Wildman–Crippen MR) is 112 cm³/mol. The molecule has 3 aliphatic heterocycles. The minimum atomic E-state index is -0.0524. The third-order valence-corrected chi connectivity index (χ3v) is 5.83. The molecule has 148 valence electrons. The number of amides is 2. The zero-order chi connectivity index (χ0) is 19.6. The van der Waals surface area contributed by atoms with Crippen LogP contribution < -0.4 is 10.8 Å². The number of hydrogen-bond acceptors (Lipinski definition) is 4. The van der Waals surface area contributed by atoms with E-state index in [1.807, 2.05) is 17.1 Å². The number of nitrogens with zero attached hydrogens (tertiary/aromatic N) is 2. The molecular formula is C23H24N4O2. The summed E-state index contributed by atoms with van der Waals surface area (Å²) in [6, 6.07) is 15.2. The highest BCUT2D eigenvalue weighted by Crippen LogP contribution is 2.25. The number of benzene rings is 2. The molecule has 2 N–H and O–H groups in total. The molecule has 29 heavy (non-hydrogen) atoms. The van der Waals surface area contributed by atoms with E-state index >= 15 is 0 Å². The van der Waals surface area contributed by atoms with Gasteiger partial charge in [-0.25, -0.2) is 15.3 Å². The van der Waals surface area contributed by atoms with Gasteiger partial charge in [0.1, 0.15) is 5.70 Å². The Balaban J connectivity index is 1.16. The summed E-state index contributed by atoms with van der Waals surface area (Å²) < 4.78 is 0. The molecular weight excluding hydrogens is 364 g/mol. The highest BCUT2D eigenvalue weighted by Gasteiger charge is 2.26. The van der Waals surface area contributed by atoms with Gasteiger partial charge in [-0.1, -0.05) is 42.5 Å². The van der Waals surface area contributed by atoms with Crippen molar-refractivity contribution < 1.29 is 9.73 Å². The van der Waals surface area contributed by atoms with Crippen molar-refractivity contribution in [2.75, 3.05) is 13.1 Å². The van der Waals surface area contributed by atoms with E-state index in [-0.39, 0.29) is 6.03 Å². The molecule has 0 unspecified atom stereocenters. The summed E-state index contributed by atoms with van der Waals surface area (Å²) in [5.74, 6) is 0.614. The first-order chi connectivity index (χ1) is 14.3. The van der Waals surface area contributed by atoms with E-state index in [0.717, 1.165) is 43.7 Å². The van der Waals surface area contributed by atoms with Crippen LogP contribution in [0.15, 0.2) is 78.4 Å². The Morgan fingerprint density at radius 3 is 2.83 bits per heavy atom. The van der Waals surface area contributed by atoms with Crippen LogP contribution in [0.25, 0.3) is 10.8 Å². The van der Waals surface area contributed by atoms with E-state index in [0.29, 0.717) is 5.92 Å². The van der Waals surface area contributed by atoms with Crippen LogP contribution in [0.3, 0.4) is 0 Å². The van der Waals surface area contributed by atoms with Crippen LogP contribution in [-0.4, -0.2) is 29.1 Å². The van der Waals surface area contributed by atoms with Crippen LogP contribution in [-0.2, 0) is 11.4 Å². The van der Waals surface area contributed by atoms with E-state index in [9.17, 15) is 4.79 Å². The number of carbonyl (C=O) groups is 1. The Hall–Kier alpha value is -3.25. The second-order valence-corrected chi connectivity index (χ2v) is 7.73. The average Bonchev–Trinajstić information content (AvgIpc) is 3.24. The van der Waals surface area contributed by atoms with Gasteiger partial charge in [-0.15, -0.1) is 0 Å². The van der Waals surface area contributed by atoms with Crippen molar-refractivity contribution in [3.63, 3.8) is 0 Å². The number of hydroxylamine groups is 3. The summed E-state index contributed by atoms with van der Waals surface area (Å²) >= 11 is 0. The third-order valence-electron chi connectivity index (χ3n) is 5.83. The normalized spacial score (nSPS) is 18.9. The van der Waals surface area contributed by atoms with Crippen LogP contribution in [0.4, 0.5) is 4.79 Å². The Kier molecular flexibility index (Phi) is 4.69. The lowest BCUT2D eigenvalue weighted by Crippen LogP contribution is -2.45. The fraction of sp³-hybridized carbons (Fsp3) is 0.261. The smallest absolute Gasteiger partial charge is 0.321 e. The van der Waals surface area contributed by atoms with Crippen molar-refractivity contribution in [1.82, 2.24) is 20.8 Å². The Morgan fingerprint density at radius 2 is 1.97 bits per heavy atom. The Labute approximate surface area is 170 Å². The highest BCUT2D eigenvalue weighted by molar-refractivity contribution is 5.83. The van der Waals surface area contributed by atoms with Gasteiger partial charge in [-0.05, 0) is 53.7 Å². The van der Waals surface area contributed by atoms with Gasteiger partial charge in [0.05, 0.1) is 11.9 Å². The van der Waals surface area contributed by atoms with Crippen LogP contribution in [0, 0.1) is 5.92 Å². The second kappa shape index (κ2) is 7.64. The minimum Gasteiger partial charge on any atom is -0.325 e. The number of rotatable bonds is 3. The Bertz CT molecular complexity index is 1020. The molecule has 0 radical (unpaired) electrons. The maximum Gasteiger partial charge on any atom is 0.321 e. The van der Waals surface area contributed by atoms with Crippen molar-refractivity contribution in [3.05, 3.63) is 84.0 Å². The van der Waals surface area contributed by atoms with Crippen LogP contribution in [0.5, 0.6) is 0 Å². The van der Waals surface area contributed by atoms with Crippen molar-refractivity contribution in [2.24, 2.45) is 5.92 Å². The van der Waals surface area contributed by atoms with E-state index in [2.05, 4.69) is 53.3 Å². The summed E-state index contributed by atoms with van der Waals surface area (Å²) in [6.45, 7) is 1.56. The molecule has 3 heterocycles. The summed E-state index contributed by atoms with van der Waals surface area (Å²) in [7, 11) is 0. The van der Waals surface area contributed by atoms with Crippen LogP contribution in [0.1, 0.15) is 18.4 Å². The maximum atomic E-state index is 12.7. The molecule has 5 rings (SSSR count). The fourth-order valence-corrected chi connectivity index (χ4v) is 4.20. The minimum absolute atomic E-state index is 0.0524. The fourth-order valence-electron chi connectivity index (χ4n) is 4.20. The van der Waals surface area contributed by atoms with Crippen molar-refractivity contribution >= 4 is 16.8 Å². The van der Waals surface area contributed by atoms with Crippen LogP contribution >= 0.6 is 0 Å². The second-order valence-electron chi connectivity index (χ2n) is 7.73. The molecule has 0 atom stereocenters. The van der Waals surface area contributed by atoms with Gasteiger partial charge in [0.25, 0.3) is 0 Å². The predicted octanol–water partition coefficient (Wildman–Crippen LogP) is 3.81. The van der Waals surface area contributed by atoms with Gasteiger partial charge in [0.15, 0.2) is 0 Å². The third kappa shape index (κ3) is 3.71. The topological polar surface area (TPSA) is 56.8 Å². The molecule has 2 aromatic carbocycles. The summed E-state index contributed by atoms with van der Waals surface area (Å²) in [6.07, 6.45) is 10.4. The average molecular weight is 388 g/mol. The highest BCUT2D eigenvalue weighted by atomic mass is 16.8. The number of nitrogens with one attached hydrogen (secondary N) is 2. The van der Waals surface area contributed by atoms with Gasteiger partial charge >= 0.3 is 6.03 Å². The molecule has 2 amide bonds. The number of hydrogen-bond donors (Lipinski definition) is 2. The quantitative estimate of drug-likeness (QED) is 0.840. The van der Waals surface area contributed by atoms with Crippen molar-refractivity contribution in [2.45, 2.75) is 19.3 Å². The zero-order valence-electron chi connectivity index (χ0n) is 16.2. The molecule has 6 heteroatoms. The van der Waals surface area contributed by atoms with E-state index in [1.165, 1.54) is 16.3 Å². The van der Waals surface area contributed by atoms with E-state index in [4.69, 9.17) is 4.94 Å². The lowest BCUT2D eigenvalue weighted by atomic mass is 9.89. The van der Waals surface area contributed by atoms with Gasteiger partial charge in [-0.3, -0.25) is 0 Å². The zero-order valence-corrected chi connectivity index (χ0v) is 16.2. The number of fused-ring (bicyclic) bond motifs is 2. The molecule has 1 saturated heterocycles. The molecule has 3 aliphatic rings. The van der Waals surface area contributed by atoms with E-state index < -0.39 is 0 Å².